The van der Waals surface area contributed by atoms with E-state index in [1.54, 1.807) is 13.0 Å². The van der Waals surface area contributed by atoms with Crippen molar-refractivity contribution in [3.05, 3.63) is 69.8 Å². The minimum Gasteiger partial charge on any atom is -0.337 e. The lowest BCUT2D eigenvalue weighted by molar-refractivity contribution is -0.385. The number of anilines is 1. The second-order valence-corrected chi connectivity index (χ2v) is 6.21. The first-order chi connectivity index (χ1) is 11.5. The molecule has 6 heteroatoms. The van der Waals surface area contributed by atoms with Gasteiger partial charge >= 0.3 is 6.03 Å². The zero-order valence-corrected chi connectivity index (χ0v) is 13.4. The molecule has 1 saturated carbocycles. The fourth-order valence-corrected chi connectivity index (χ4v) is 2.87. The van der Waals surface area contributed by atoms with Crippen LogP contribution in [0.25, 0.3) is 0 Å². The summed E-state index contributed by atoms with van der Waals surface area (Å²) in [5.41, 5.74) is 2.39. The Morgan fingerprint density at radius 1 is 1.21 bits per heavy atom. The Labute approximate surface area is 140 Å². The number of rotatable bonds is 5. The van der Waals surface area contributed by atoms with Crippen molar-refractivity contribution in [1.82, 2.24) is 5.32 Å². The van der Waals surface area contributed by atoms with Gasteiger partial charge in [0.25, 0.3) is 5.69 Å². The number of urea groups is 1. The highest BCUT2D eigenvalue weighted by Crippen LogP contribution is 2.47. The second kappa shape index (κ2) is 6.31. The predicted octanol–water partition coefficient (Wildman–Crippen LogP) is 3.76. The first-order valence-corrected chi connectivity index (χ1v) is 7.86. The summed E-state index contributed by atoms with van der Waals surface area (Å²) in [5.74, 6) is 0. The van der Waals surface area contributed by atoms with Crippen LogP contribution < -0.4 is 10.6 Å². The standard InChI is InChI=1S/C18H19N3O3/c1-13-11-15(7-8-16(13)21(23)24)20-17(22)19-12-18(9-10-18)14-5-3-2-4-6-14/h2-8,11H,9-10,12H2,1H3,(H2,19,20,22). The Morgan fingerprint density at radius 3 is 2.50 bits per heavy atom. The third-order valence-corrected chi connectivity index (χ3v) is 4.48. The van der Waals surface area contributed by atoms with Gasteiger partial charge in [0.1, 0.15) is 0 Å². The summed E-state index contributed by atoms with van der Waals surface area (Å²) >= 11 is 0. The molecule has 0 radical (unpaired) electrons. The molecule has 0 bridgehead atoms. The highest BCUT2D eigenvalue weighted by Gasteiger charge is 2.44. The minimum atomic E-state index is -0.435. The molecule has 124 valence electrons. The van der Waals surface area contributed by atoms with Crippen LogP contribution in [-0.4, -0.2) is 17.5 Å². The van der Waals surface area contributed by atoms with Crippen LogP contribution in [-0.2, 0) is 5.41 Å². The minimum absolute atomic E-state index is 0.0435. The van der Waals surface area contributed by atoms with E-state index in [0.717, 1.165) is 12.8 Å². The van der Waals surface area contributed by atoms with Gasteiger partial charge < -0.3 is 10.6 Å². The SMILES string of the molecule is Cc1cc(NC(=O)NCC2(c3ccccc3)CC2)ccc1[N+](=O)[O-]. The maximum Gasteiger partial charge on any atom is 0.319 e. The topological polar surface area (TPSA) is 84.3 Å². The largest absolute Gasteiger partial charge is 0.337 e. The zero-order chi connectivity index (χ0) is 17.2. The second-order valence-electron chi connectivity index (χ2n) is 6.21. The molecule has 0 saturated heterocycles. The van der Waals surface area contributed by atoms with Crippen molar-refractivity contribution >= 4 is 17.4 Å². The molecule has 1 aliphatic carbocycles. The Balaban J connectivity index is 1.59. The summed E-state index contributed by atoms with van der Waals surface area (Å²) in [5, 5.41) is 16.4. The molecule has 2 aromatic carbocycles. The van der Waals surface area contributed by atoms with Crippen LogP contribution in [0.15, 0.2) is 48.5 Å². The number of nitro benzene ring substituents is 1. The first-order valence-electron chi connectivity index (χ1n) is 7.86. The molecule has 2 amide bonds. The predicted molar refractivity (Wildman–Crippen MR) is 92.2 cm³/mol. The van der Waals surface area contributed by atoms with Crippen LogP contribution in [0, 0.1) is 17.0 Å². The number of amides is 2. The monoisotopic (exact) mass is 325 g/mol. The van der Waals surface area contributed by atoms with E-state index in [9.17, 15) is 14.9 Å². The van der Waals surface area contributed by atoms with E-state index in [-0.39, 0.29) is 17.1 Å². The number of nitro groups is 1. The van der Waals surface area contributed by atoms with Crippen molar-refractivity contribution in [2.75, 3.05) is 11.9 Å². The summed E-state index contributed by atoms with van der Waals surface area (Å²) in [6.45, 7) is 2.23. The highest BCUT2D eigenvalue weighted by molar-refractivity contribution is 5.89. The molecule has 0 aromatic heterocycles. The van der Waals surface area contributed by atoms with Crippen molar-refractivity contribution in [3.8, 4) is 0 Å². The Bertz CT molecular complexity index is 770. The van der Waals surface area contributed by atoms with Crippen molar-refractivity contribution in [1.29, 1.82) is 0 Å². The van der Waals surface area contributed by atoms with E-state index >= 15 is 0 Å². The van der Waals surface area contributed by atoms with Crippen molar-refractivity contribution < 1.29 is 9.72 Å². The Hall–Kier alpha value is -2.89. The van der Waals surface area contributed by atoms with Gasteiger partial charge in [0.05, 0.1) is 4.92 Å². The number of aryl methyl sites for hydroxylation is 1. The van der Waals surface area contributed by atoms with E-state index in [1.165, 1.54) is 17.7 Å². The Kier molecular flexibility index (Phi) is 4.20. The van der Waals surface area contributed by atoms with Crippen LogP contribution >= 0.6 is 0 Å². The molecule has 0 atom stereocenters. The van der Waals surface area contributed by atoms with Crippen LogP contribution in [0.2, 0.25) is 0 Å². The number of benzene rings is 2. The van der Waals surface area contributed by atoms with Gasteiger partial charge in [-0.05, 0) is 37.5 Å². The lowest BCUT2D eigenvalue weighted by Crippen LogP contribution is -2.35. The quantitative estimate of drug-likeness (QED) is 0.648. The molecule has 0 aliphatic heterocycles. The van der Waals surface area contributed by atoms with Crippen molar-refractivity contribution in [2.45, 2.75) is 25.2 Å². The van der Waals surface area contributed by atoms with E-state index in [2.05, 4.69) is 22.8 Å². The first kappa shape index (κ1) is 16.0. The van der Waals surface area contributed by atoms with E-state index < -0.39 is 4.92 Å². The lowest BCUT2D eigenvalue weighted by Gasteiger charge is -2.17. The summed E-state index contributed by atoms with van der Waals surface area (Å²) in [4.78, 5) is 22.5. The molecule has 24 heavy (non-hydrogen) atoms. The van der Waals surface area contributed by atoms with Crippen LogP contribution in [0.4, 0.5) is 16.2 Å². The maximum atomic E-state index is 12.1. The lowest BCUT2D eigenvalue weighted by atomic mass is 9.96. The average molecular weight is 325 g/mol. The number of hydrogen-bond donors (Lipinski definition) is 2. The fourth-order valence-electron chi connectivity index (χ4n) is 2.87. The molecule has 3 rings (SSSR count). The van der Waals surface area contributed by atoms with Gasteiger partial charge in [-0.25, -0.2) is 4.79 Å². The molecule has 0 unspecified atom stereocenters. The average Bonchev–Trinajstić information content (AvgIpc) is 3.35. The smallest absolute Gasteiger partial charge is 0.319 e. The number of nitrogens with zero attached hydrogens (tertiary/aromatic N) is 1. The Morgan fingerprint density at radius 2 is 1.92 bits per heavy atom. The molecular formula is C18H19N3O3. The van der Waals surface area contributed by atoms with Crippen LogP contribution in [0.1, 0.15) is 24.0 Å². The van der Waals surface area contributed by atoms with Crippen LogP contribution in [0.3, 0.4) is 0 Å². The number of carbonyl (C=O) groups is 1. The fraction of sp³-hybridized carbons (Fsp3) is 0.278. The molecule has 0 spiro atoms. The molecule has 1 aliphatic rings. The molecule has 0 heterocycles. The van der Waals surface area contributed by atoms with Crippen molar-refractivity contribution in [2.24, 2.45) is 0 Å². The van der Waals surface area contributed by atoms with Crippen LogP contribution in [0.5, 0.6) is 0 Å². The van der Waals surface area contributed by atoms with Gasteiger partial charge in [0, 0.05) is 29.3 Å². The van der Waals surface area contributed by atoms with Gasteiger partial charge in [-0.15, -0.1) is 0 Å². The van der Waals surface area contributed by atoms with Gasteiger partial charge in [-0.2, -0.15) is 0 Å². The third kappa shape index (κ3) is 3.37. The summed E-state index contributed by atoms with van der Waals surface area (Å²) in [6, 6.07) is 14.4. The third-order valence-electron chi connectivity index (χ3n) is 4.48. The van der Waals surface area contributed by atoms with Gasteiger partial charge in [0.15, 0.2) is 0 Å². The van der Waals surface area contributed by atoms with Gasteiger partial charge in [-0.3, -0.25) is 10.1 Å². The highest BCUT2D eigenvalue weighted by atomic mass is 16.6. The van der Waals surface area contributed by atoms with E-state index in [0.29, 0.717) is 17.8 Å². The van der Waals surface area contributed by atoms with Gasteiger partial charge in [0.2, 0.25) is 0 Å². The summed E-state index contributed by atoms with van der Waals surface area (Å²) in [7, 11) is 0. The summed E-state index contributed by atoms with van der Waals surface area (Å²) in [6.07, 6.45) is 2.13. The molecule has 2 aromatic rings. The normalized spacial score (nSPS) is 14.7. The molecule has 6 nitrogen and oxygen atoms in total. The molecule has 1 fully saturated rings. The maximum absolute atomic E-state index is 12.1. The molecular weight excluding hydrogens is 306 g/mol. The zero-order valence-electron chi connectivity index (χ0n) is 13.4. The number of nitrogens with one attached hydrogen (secondary N) is 2. The van der Waals surface area contributed by atoms with E-state index in [4.69, 9.17) is 0 Å². The number of carbonyl (C=O) groups excluding carboxylic acids is 1. The van der Waals surface area contributed by atoms with E-state index in [1.807, 2.05) is 18.2 Å². The van der Waals surface area contributed by atoms with Crippen molar-refractivity contribution in [3.63, 3.8) is 0 Å². The summed E-state index contributed by atoms with van der Waals surface area (Å²) < 4.78 is 0. The number of hydrogen-bond acceptors (Lipinski definition) is 3. The molecule has 2 N–H and O–H groups in total. The van der Waals surface area contributed by atoms with Gasteiger partial charge in [-0.1, -0.05) is 30.3 Å².